The number of hydrogen-bond acceptors (Lipinski definition) is 6. The number of aromatic hydroxyl groups is 1. The van der Waals surface area contributed by atoms with E-state index in [0.717, 1.165) is 16.0 Å². The fraction of sp³-hybridized carbons (Fsp3) is 0.0714. The number of hydrogen-bond donors (Lipinski definition) is 2. The average Bonchev–Trinajstić information content (AvgIpc) is 2.90. The molecule has 2 aromatic carbocycles. The number of ether oxygens (including phenoxy) is 1. The molecule has 0 aliphatic carbocycles. The molecule has 0 unspecified atom stereocenters. The number of nitrogens with zero attached hydrogens (tertiary/aromatic N) is 1. The monoisotopic (exact) mass is 448 g/mol. The SMILES string of the molecule is COc1ccc2nc(NS(=O)(=O)c3cc(Br)cc(Cl)c3O)sc2c1. The van der Waals surface area contributed by atoms with E-state index in [1.165, 1.54) is 12.1 Å². The second kappa shape index (κ2) is 6.40. The average molecular weight is 450 g/mol. The molecule has 1 aromatic heterocycles. The summed E-state index contributed by atoms with van der Waals surface area (Å²) in [5.74, 6) is 0.132. The number of methoxy groups -OCH3 is 1. The van der Waals surface area contributed by atoms with Crippen LogP contribution in [-0.4, -0.2) is 25.6 Å². The van der Waals surface area contributed by atoms with Crippen LogP contribution in [-0.2, 0) is 10.0 Å². The lowest BCUT2D eigenvalue weighted by molar-refractivity contribution is 0.415. The van der Waals surface area contributed by atoms with Crippen molar-refractivity contribution in [1.82, 2.24) is 4.98 Å². The summed E-state index contributed by atoms with van der Waals surface area (Å²) in [5.41, 5.74) is 0.634. The highest BCUT2D eigenvalue weighted by Gasteiger charge is 2.23. The predicted molar refractivity (Wildman–Crippen MR) is 97.8 cm³/mol. The number of aromatic nitrogens is 1. The number of thiazole rings is 1. The lowest BCUT2D eigenvalue weighted by Gasteiger charge is -2.08. The summed E-state index contributed by atoms with van der Waals surface area (Å²) in [5, 5.41) is 10.0. The van der Waals surface area contributed by atoms with Crippen molar-refractivity contribution >= 4 is 64.2 Å². The topological polar surface area (TPSA) is 88.5 Å². The standard InChI is InChI=1S/C14H10BrClN2O4S2/c1-22-8-2-3-10-11(6-8)23-14(17-10)18-24(20,21)12-5-7(15)4-9(16)13(12)19/h2-6,19H,1H3,(H,17,18). The van der Waals surface area contributed by atoms with Gasteiger partial charge in [-0.1, -0.05) is 38.9 Å². The maximum Gasteiger partial charge on any atom is 0.267 e. The van der Waals surface area contributed by atoms with Gasteiger partial charge in [0.15, 0.2) is 10.9 Å². The zero-order valence-corrected chi connectivity index (χ0v) is 16.1. The number of sulfonamides is 1. The second-order valence-electron chi connectivity index (χ2n) is 4.69. The summed E-state index contributed by atoms with van der Waals surface area (Å²) in [7, 11) is -2.50. The first kappa shape index (κ1) is 17.3. The molecule has 0 amide bonds. The number of fused-ring (bicyclic) bond motifs is 1. The Morgan fingerprint density at radius 1 is 1.33 bits per heavy atom. The number of rotatable bonds is 4. The zero-order chi connectivity index (χ0) is 17.5. The summed E-state index contributed by atoms with van der Waals surface area (Å²) in [4.78, 5) is 3.89. The molecule has 10 heteroatoms. The van der Waals surface area contributed by atoms with Gasteiger partial charge in [-0.2, -0.15) is 0 Å². The number of benzene rings is 2. The number of phenols is 1. The number of halogens is 2. The fourth-order valence-corrected chi connectivity index (χ4v) is 5.28. The first-order valence-corrected chi connectivity index (χ1v) is 9.92. The van der Waals surface area contributed by atoms with Crippen molar-refractivity contribution in [2.24, 2.45) is 0 Å². The third-order valence-electron chi connectivity index (χ3n) is 3.10. The third kappa shape index (κ3) is 3.30. The molecule has 0 bridgehead atoms. The minimum atomic E-state index is -4.05. The van der Waals surface area contributed by atoms with Crippen LogP contribution in [0.5, 0.6) is 11.5 Å². The molecule has 24 heavy (non-hydrogen) atoms. The Hall–Kier alpha value is -1.55. The van der Waals surface area contributed by atoms with Gasteiger partial charge in [0, 0.05) is 4.47 Å². The highest BCUT2D eigenvalue weighted by atomic mass is 79.9. The van der Waals surface area contributed by atoms with E-state index in [1.54, 1.807) is 25.3 Å². The van der Waals surface area contributed by atoms with E-state index >= 15 is 0 Å². The van der Waals surface area contributed by atoms with Gasteiger partial charge in [-0.25, -0.2) is 13.4 Å². The van der Waals surface area contributed by atoms with Gasteiger partial charge in [0.05, 0.1) is 22.3 Å². The van der Waals surface area contributed by atoms with Crippen LogP contribution in [0.4, 0.5) is 5.13 Å². The van der Waals surface area contributed by atoms with Crippen LogP contribution in [0, 0.1) is 0 Å². The third-order valence-corrected chi connectivity index (χ3v) is 6.26. The molecule has 0 atom stereocenters. The predicted octanol–water partition coefficient (Wildman–Crippen LogP) is 4.23. The highest BCUT2D eigenvalue weighted by molar-refractivity contribution is 9.10. The molecule has 0 saturated heterocycles. The molecule has 2 N–H and O–H groups in total. The number of anilines is 1. The van der Waals surface area contributed by atoms with E-state index < -0.39 is 15.8 Å². The second-order valence-corrected chi connectivity index (χ2v) is 8.70. The Balaban J connectivity index is 2.01. The maximum atomic E-state index is 12.5. The first-order valence-electron chi connectivity index (χ1n) is 6.45. The summed E-state index contributed by atoms with van der Waals surface area (Å²) in [6, 6.07) is 7.90. The summed E-state index contributed by atoms with van der Waals surface area (Å²) < 4.78 is 33.7. The Bertz CT molecular complexity index is 1040. The Morgan fingerprint density at radius 2 is 2.08 bits per heavy atom. The Morgan fingerprint density at radius 3 is 2.79 bits per heavy atom. The van der Waals surface area contributed by atoms with Crippen molar-refractivity contribution < 1.29 is 18.3 Å². The molecule has 6 nitrogen and oxygen atoms in total. The summed E-state index contributed by atoms with van der Waals surface area (Å²) >= 11 is 10.1. The Kier molecular flexibility index (Phi) is 4.60. The smallest absolute Gasteiger partial charge is 0.267 e. The molecule has 0 saturated carbocycles. The van der Waals surface area contributed by atoms with Crippen molar-refractivity contribution in [3.63, 3.8) is 0 Å². The van der Waals surface area contributed by atoms with Gasteiger partial charge in [-0.3, -0.25) is 4.72 Å². The first-order chi connectivity index (χ1) is 11.3. The minimum absolute atomic E-state index is 0.0706. The van der Waals surface area contributed by atoms with E-state index in [1.807, 2.05) is 0 Å². The maximum absolute atomic E-state index is 12.5. The van der Waals surface area contributed by atoms with Crippen LogP contribution in [0.3, 0.4) is 0 Å². The van der Waals surface area contributed by atoms with Gasteiger partial charge in [-0.05, 0) is 30.3 Å². The highest BCUT2D eigenvalue weighted by Crippen LogP contribution is 2.36. The quantitative estimate of drug-likeness (QED) is 0.622. The molecule has 3 aromatic rings. The summed E-state index contributed by atoms with van der Waals surface area (Å²) in [6.45, 7) is 0. The fourth-order valence-electron chi connectivity index (χ4n) is 1.99. The molecule has 0 radical (unpaired) electrons. The van der Waals surface area contributed by atoms with Crippen LogP contribution in [0.15, 0.2) is 39.7 Å². The molecular weight excluding hydrogens is 440 g/mol. The van der Waals surface area contributed by atoms with Gasteiger partial charge in [0.25, 0.3) is 10.0 Å². The summed E-state index contributed by atoms with van der Waals surface area (Å²) in [6.07, 6.45) is 0. The molecule has 0 spiro atoms. The molecule has 0 aliphatic rings. The van der Waals surface area contributed by atoms with Crippen molar-refractivity contribution in [3.8, 4) is 11.5 Å². The van der Waals surface area contributed by atoms with Crippen molar-refractivity contribution in [2.45, 2.75) is 4.90 Å². The van der Waals surface area contributed by atoms with Gasteiger partial charge in [0.1, 0.15) is 10.6 Å². The lowest BCUT2D eigenvalue weighted by atomic mass is 10.3. The van der Waals surface area contributed by atoms with Crippen LogP contribution in [0.2, 0.25) is 5.02 Å². The van der Waals surface area contributed by atoms with E-state index in [0.29, 0.717) is 15.7 Å². The molecule has 126 valence electrons. The molecule has 3 rings (SSSR count). The number of phenolic OH excluding ortho intramolecular Hbond substituents is 1. The van der Waals surface area contributed by atoms with E-state index in [4.69, 9.17) is 16.3 Å². The van der Waals surface area contributed by atoms with Crippen molar-refractivity contribution in [2.75, 3.05) is 11.8 Å². The normalized spacial score (nSPS) is 11.6. The number of nitrogens with one attached hydrogen (secondary N) is 1. The van der Waals surface area contributed by atoms with Crippen LogP contribution < -0.4 is 9.46 Å². The van der Waals surface area contributed by atoms with Crippen LogP contribution >= 0.6 is 38.9 Å². The zero-order valence-electron chi connectivity index (χ0n) is 12.1. The van der Waals surface area contributed by atoms with Crippen LogP contribution in [0.1, 0.15) is 0 Å². The van der Waals surface area contributed by atoms with Gasteiger partial charge in [0.2, 0.25) is 0 Å². The minimum Gasteiger partial charge on any atom is -0.505 e. The molecule has 0 fully saturated rings. The Labute approximate surface area is 155 Å². The van der Waals surface area contributed by atoms with E-state index in [9.17, 15) is 13.5 Å². The van der Waals surface area contributed by atoms with Gasteiger partial charge >= 0.3 is 0 Å². The van der Waals surface area contributed by atoms with Gasteiger partial charge < -0.3 is 9.84 Å². The molecule has 0 aliphatic heterocycles. The largest absolute Gasteiger partial charge is 0.505 e. The van der Waals surface area contributed by atoms with Crippen LogP contribution in [0.25, 0.3) is 10.2 Å². The van der Waals surface area contributed by atoms with Crippen molar-refractivity contribution in [1.29, 1.82) is 0 Å². The van der Waals surface area contributed by atoms with Gasteiger partial charge in [-0.15, -0.1) is 0 Å². The van der Waals surface area contributed by atoms with E-state index in [-0.39, 0.29) is 15.0 Å². The van der Waals surface area contributed by atoms with Crippen molar-refractivity contribution in [3.05, 3.63) is 39.8 Å². The lowest BCUT2D eigenvalue weighted by Crippen LogP contribution is -2.13. The molecular formula is C14H10BrClN2O4S2. The van der Waals surface area contributed by atoms with E-state index in [2.05, 4.69) is 25.6 Å². The molecule has 1 heterocycles.